The highest BCUT2D eigenvalue weighted by molar-refractivity contribution is 6.02. The molecule has 1 heterocycles. The van der Waals surface area contributed by atoms with Crippen LogP contribution < -0.4 is 4.90 Å². The van der Waals surface area contributed by atoms with Crippen LogP contribution in [-0.2, 0) is 23.9 Å². The highest BCUT2D eigenvalue weighted by Gasteiger charge is 2.49. The summed E-state index contributed by atoms with van der Waals surface area (Å²) in [6.45, 7) is 7.75. The van der Waals surface area contributed by atoms with Gasteiger partial charge in [-0.2, -0.15) is 0 Å². The number of para-hydroxylation sites is 1. The first-order chi connectivity index (χ1) is 14.0. The highest BCUT2D eigenvalue weighted by atomic mass is 16.5. The van der Waals surface area contributed by atoms with Gasteiger partial charge in [0.2, 0.25) is 5.91 Å². The number of carbonyl (C=O) groups excluding carboxylic acids is 3. The maximum atomic E-state index is 13.1. The lowest BCUT2D eigenvalue weighted by Crippen LogP contribution is -2.63. The number of nitrogens with zero attached hydrogens (tertiary/aromatic N) is 2. The Morgan fingerprint density at radius 1 is 1.00 bits per heavy atom. The van der Waals surface area contributed by atoms with Crippen molar-refractivity contribution in [3.63, 3.8) is 0 Å². The van der Waals surface area contributed by atoms with Gasteiger partial charge in [0, 0.05) is 31.7 Å². The molecule has 7 heteroatoms. The molecular weight excluding hydrogens is 372 g/mol. The molecule has 0 radical (unpaired) electrons. The van der Waals surface area contributed by atoms with E-state index in [1.54, 1.807) is 25.7 Å². The second-order valence-electron chi connectivity index (χ2n) is 7.07. The molecule has 160 valence electrons. The molecule has 0 unspecified atom stereocenters. The summed E-state index contributed by atoms with van der Waals surface area (Å²) in [7, 11) is 0. The van der Waals surface area contributed by atoms with Gasteiger partial charge in [-0.3, -0.25) is 14.5 Å². The predicted octanol–water partition coefficient (Wildman–Crippen LogP) is 2.78. The number of anilines is 1. The molecule has 0 aliphatic carbocycles. The summed E-state index contributed by atoms with van der Waals surface area (Å²) in [4.78, 5) is 41.5. The van der Waals surface area contributed by atoms with Crippen LogP contribution in [0.3, 0.4) is 0 Å². The van der Waals surface area contributed by atoms with Crippen molar-refractivity contribution in [2.45, 2.75) is 52.0 Å². The zero-order valence-corrected chi connectivity index (χ0v) is 17.7. The smallest absolute Gasteiger partial charge is 0.332 e. The Labute approximate surface area is 172 Å². The van der Waals surface area contributed by atoms with Gasteiger partial charge in [-0.05, 0) is 38.8 Å². The summed E-state index contributed by atoms with van der Waals surface area (Å²) < 4.78 is 10.4. The fourth-order valence-corrected chi connectivity index (χ4v) is 3.78. The standard InChI is InChI=1S/C22H32N2O5/c1-4-19(25)24(18-10-8-7-9-11-18)22(21(27)29-6-3)13-16-23(17-14-22)15-12-20(26)28-5-2/h7-11H,4-6,12-17H2,1-3H3. The molecule has 1 aliphatic rings. The fraction of sp³-hybridized carbons (Fsp3) is 0.591. The van der Waals surface area contributed by atoms with Crippen molar-refractivity contribution >= 4 is 23.5 Å². The number of likely N-dealkylation sites (tertiary alicyclic amines) is 1. The van der Waals surface area contributed by atoms with Crippen LogP contribution in [0, 0.1) is 0 Å². The number of rotatable bonds is 9. The lowest BCUT2D eigenvalue weighted by atomic mass is 9.84. The van der Waals surface area contributed by atoms with Crippen molar-refractivity contribution in [1.29, 1.82) is 0 Å². The average molecular weight is 405 g/mol. The van der Waals surface area contributed by atoms with Gasteiger partial charge in [0.1, 0.15) is 5.54 Å². The molecule has 1 aromatic carbocycles. The van der Waals surface area contributed by atoms with E-state index >= 15 is 0 Å². The minimum absolute atomic E-state index is 0.107. The van der Waals surface area contributed by atoms with Crippen molar-refractivity contribution in [3.05, 3.63) is 30.3 Å². The third-order valence-corrected chi connectivity index (χ3v) is 5.27. The van der Waals surface area contributed by atoms with Crippen molar-refractivity contribution < 1.29 is 23.9 Å². The van der Waals surface area contributed by atoms with Gasteiger partial charge in [0.05, 0.1) is 19.6 Å². The topological polar surface area (TPSA) is 76.2 Å². The monoisotopic (exact) mass is 404 g/mol. The molecule has 1 aromatic rings. The molecule has 2 rings (SSSR count). The minimum Gasteiger partial charge on any atom is -0.466 e. The van der Waals surface area contributed by atoms with Crippen LogP contribution >= 0.6 is 0 Å². The lowest BCUT2D eigenvalue weighted by molar-refractivity contribution is -0.153. The fourth-order valence-electron chi connectivity index (χ4n) is 3.78. The quantitative estimate of drug-likeness (QED) is 0.589. The third-order valence-electron chi connectivity index (χ3n) is 5.27. The second kappa shape index (κ2) is 11.0. The molecule has 1 saturated heterocycles. The summed E-state index contributed by atoms with van der Waals surface area (Å²) in [6, 6.07) is 9.30. The number of amides is 1. The lowest BCUT2D eigenvalue weighted by Gasteiger charge is -2.46. The van der Waals surface area contributed by atoms with Gasteiger partial charge in [-0.15, -0.1) is 0 Å². The third kappa shape index (κ3) is 5.56. The van der Waals surface area contributed by atoms with Crippen LogP contribution in [0.1, 0.15) is 46.5 Å². The van der Waals surface area contributed by atoms with Crippen molar-refractivity contribution in [2.24, 2.45) is 0 Å². The summed E-state index contributed by atoms with van der Waals surface area (Å²) >= 11 is 0. The van der Waals surface area contributed by atoms with Gasteiger partial charge in [-0.25, -0.2) is 4.79 Å². The summed E-state index contributed by atoms with van der Waals surface area (Å²) in [5.74, 6) is -0.693. The van der Waals surface area contributed by atoms with Gasteiger partial charge in [0.15, 0.2) is 0 Å². The van der Waals surface area contributed by atoms with Crippen LogP contribution in [0.5, 0.6) is 0 Å². The highest BCUT2D eigenvalue weighted by Crippen LogP contribution is 2.35. The number of ether oxygens (including phenoxy) is 2. The number of carbonyl (C=O) groups is 3. The molecular formula is C22H32N2O5. The zero-order valence-electron chi connectivity index (χ0n) is 17.7. The second-order valence-corrected chi connectivity index (χ2v) is 7.07. The van der Waals surface area contributed by atoms with E-state index in [4.69, 9.17) is 9.47 Å². The number of hydrogen-bond donors (Lipinski definition) is 0. The Bertz CT molecular complexity index is 684. The molecule has 1 fully saturated rings. The van der Waals surface area contributed by atoms with Crippen LogP contribution in [0.15, 0.2) is 30.3 Å². The molecule has 0 atom stereocenters. The number of piperidine rings is 1. The van der Waals surface area contributed by atoms with E-state index in [2.05, 4.69) is 4.90 Å². The van der Waals surface area contributed by atoms with Crippen molar-refractivity contribution in [3.8, 4) is 0 Å². The first-order valence-corrected chi connectivity index (χ1v) is 10.4. The van der Waals surface area contributed by atoms with E-state index in [-0.39, 0.29) is 24.5 Å². The number of hydrogen-bond acceptors (Lipinski definition) is 6. The Kier molecular flexibility index (Phi) is 8.64. The predicted molar refractivity (Wildman–Crippen MR) is 111 cm³/mol. The van der Waals surface area contributed by atoms with Crippen molar-refractivity contribution in [2.75, 3.05) is 37.7 Å². The SMILES string of the molecule is CCOC(=O)CCN1CCC(C(=O)OCC)(N(C(=O)CC)c2ccccc2)CC1. The Morgan fingerprint density at radius 3 is 2.17 bits per heavy atom. The van der Waals surface area contributed by atoms with Gasteiger partial charge >= 0.3 is 11.9 Å². The van der Waals surface area contributed by atoms with Crippen molar-refractivity contribution in [1.82, 2.24) is 4.90 Å². The van der Waals surface area contributed by atoms with Gasteiger partial charge < -0.3 is 14.4 Å². The molecule has 0 bridgehead atoms. The minimum atomic E-state index is -1.04. The molecule has 0 aromatic heterocycles. The Hall–Kier alpha value is -2.41. The maximum absolute atomic E-state index is 13.1. The van der Waals surface area contributed by atoms with E-state index in [0.717, 1.165) is 0 Å². The Balaban J connectivity index is 2.24. The van der Waals surface area contributed by atoms with Crippen LogP contribution in [0.25, 0.3) is 0 Å². The van der Waals surface area contributed by atoms with E-state index in [1.807, 2.05) is 30.3 Å². The van der Waals surface area contributed by atoms with Gasteiger partial charge in [-0.1, -0.05) is 25.1 Å². The zero-order chi connectivity index (χ0) is 21.3. The molecule has 0 N–H and O–H groups in total. The molecule has 0 spiro atoms. The summed E-state index contributed by atoms with van der Waals surface area (Å²) in [5, 5.41) is 0. The number of esters is 2. The molecule has 1 aliphatic heterocycles. The normalized spacial score (nSPS) is 16.1. The summed E-state index contributed by atoms with van der Waals surface area (Å²) in [5.41, 5.74) is -0.336. The van der Waals surface area contributed by atoms with Gasteiger partial charge in [0.25, 0.3) is 0 Å². The summed E-state index contributed by atoms with van der Waals surface area (Å²) in [6.07, 6.45) is 1.52. The first kappa shape index (κ1) is 22.9. The first-order valence-electron chi connectivity index (χ1n) is 10.4. The average Bonchev–Trinajstić information content (AvgIpc) is 2.74. The van der Waals surface area contributed by atoms with E-state index in [1.165, 1.54) is 0 Å². The largest absolute Gasteiger partial charge is 0.466 e. The molecule has 7 nitrogen and oxygen atoms in total. The van der Waals surface area contributed by atoms with Crippen LogP contribution in [0.4, 0.5) is 5.69 Å². The van der Waals surface area contributed by atoms with E-state index in [9.17, 15) is 14.4 Å². The van der Waals surface area contributed by atoms with E-state index in [0.29, 0.717) is 57.6 Å². The Morgan fingerprint density at radius 2 is 1.62 bits per heavy atom. The molecule has 29 heavy (non-hydrogen) atoms. The van der Waals surface area contributed by atoms with E-state index < -0.39 is 5.54 Å². The number of benzene rings is 1. The van der Waals surface area contributed by atoms with Crippen LogP contribution in [0.2, 0.25) is 0 Å². The molecule has 1 amide bonds. The maximum Gasteiger partial charge on any atom is 0.332 e. The van der Waals surface area contributed by atoms with Crippen LogP contribution in [-0.4, -0.2) is 61.1 Å². The molecule has 0 saturated carbocycles.